The van der Waals surface area contributed by atoms with E-state index in [1.165, 1.54) is 0 Å². The summed E-state index contributed by atoms with van der Waals surface area (Å²) in [5, 5.41) is 0. The number of hydrogen-bond donors (Lipinski definition) is 0. The van der Waals surface area contributed by atoms with Gasteiger partial charge in [0.2, 0.25) is 9.04 Å². The van der Waals surface area contributed by atoms with Gasteiger partial charge in [-0.15, -0.1) is 13.2 Å². The van der Waals surface area contributed by atoms with Crippen molar-refractivity contribution in [3.8, 4) is 0 Å². The van der Waals surface area contributed by atoms with E-state index in [1.807, 2.05) is 11.4 Å². The van der Waals surface area contributed by atoms with Crippen molar-refractivity contribution >= 4 is 39.5 Å². The second-order valence-electron chi connectivity index (χ2n) is 1.83. The molecule has 0 aromatic carbocycles. The molecule has 0 saturated heterocycles. The summed E-state index contributed by atoms with van der Waals surface area (Å²) >= 11 is 0. The molecule has 0 amide bonds. The zero-order valence-electron chi connectivity index (χ0n) is 6.79. The third-order valence-corrected chi connectivity index (χ3v) is 6.30. The van der Waals surface area contributed by atoms with E-state index in [9.17, 15) is 0 Å². The highest BCUT2D eigenvalue weighted by molar-refractivity contribution is 6.67. The van der Waals surface area contributed by atoms with Gasteiger partial charge in [0.15, 0.2) is 0 Å². The van der Waals surface area contributed by atoms with Gasteiger partial charge < -0.3 is 12.3 Å². The molecule has 0 spiro atoms. The van der Waals surface area contributed by atoms with E-state index in [2.05, 4.69) is 13.2 Å². The highest BCUT2D eigenvalue weighted by atomic mass is 28.4. The maximum Gasteiger partial charge on any atom is 0.285 e. The molecule has 0 aromatic rings. The Labute approximate surface area is 76.8 Å². The first-order chi connectivity index (χ1) is 5.35. The average molecular weight is 222 g/mol. The molecule has 0 heterocycles. The maximum absolute atomic E-state index is 5.43. The third kappa shape index (κ3) is 6.62. The summed E-state index contributed by atoms with van der Waals surface area (Å²) in [7, 11) is -1.99. The molecule has 64 valence electrons. The molecule has 0 atom stereocenters. The molecule has 0 aliphatic rings. The lowest BCUT2D eigenvalue weighted by Crippen LogP contribution is -2.19. The van der Waals surface area contributed by atoms with Gasteiger partial charge in [0.05, 0.1) is 0 Å². The van der Waals surface area contributed by atoms with Gasteiger partial charge in [-0.05, 0) is 0 Å². The minimum absolute atomic E-state index is 0.684. The summed E-state index contributed by atoms with van der Waals surface area (Å²) in [5.74, 6) is 0. The first kappa shape index (κ1) is 11.2. The van der Waals surface area contributed by atoms with E-state index >= 15 is 0 Å². The Morgan fingerprint density at radius 1 is 1.27 bits per heavy atom. The van der Waals surface area contributed by atoms with E-state index in [0.29, 0.717) is 0 Å². The van der Waals surface area contributed by atoms with Crippen LogP contribution < -0.4 is 0 Å². The van der Waals surface area contributed by atoms with Crippen molar-refractivity contribution in [2.24, 2.45) is 0 Å². The second kappa shape index (κ2) is 8.33. The summed E-state index contributed by atoms with van der Waals surface area (Å²) in [6, 6.07) is 0. The summed E-state index contributed by atoms with van der Waals surface area (Å²) < 4.78 is 15.6. The molecular formula is C4H14O3Si4. The molecule has 7 heteroatoms. The van der Waals surface area contributed by atoms with Crippen LogP contribution in [-0.4, -0.2) is 39.5 Å². The van der Waals surface area contributed by atoms with Crippen molar-refractivity contribution in [2.45, 2.75) is 0 Å². The average Bonchev–Trinajstić information content (AvgIpc) is 2.05. The standard InChI is InChI=1S/C4H14O3Si4/c1-3-11(4-2)7-10-6-9-5-8/h3-4,11H,1-2,9-10H2,8H3. The molecule has 3 nitrogen and oxygen atoms in total. The van der Waals surface area contributed by atoms with E-state index in [4.69, 9.17) is 12.3 Å². The molecule has 0 N–H and O–H groups in total. The molecule has 0 radical (unpaired) electrons. The van der Waals surface area contributed by atoms with Gasteiger partial charge in [-0.2, -0.15) is 0 Å². The van der Waals surface area contributed by atoms with Gasteiger partial charge in [0.25, 0.3) is 20.0 Å². The van der Waals surface area contributed by atoms with Crippen LogP contribution in [0.15, 0.2) is 24.6 Å². The van der Waals surface area contributed by atoms with Crippen LogP contribution in [0.3, 0.4) is 0 Å². The Balaban J connectivity index is 3.21. The topological polar surface area (TPSA) is 27.7 Å². The van der Waals surface area contributed by atoms with Crippen LogP contribution in [-0.2, 0) is 12.3 Å². The lowest BCUT2D eigenvalue weighted by Gasteiger charge is -2.07. The van der Waals surface area contributed by atoms with Crippen molar-refractivity contribution in [3.05, 3.63) is 24.6 Å². The summed E-state index contributed by atoms with van der Waals surface area (Å²) in [4.78, 5) is 0. The smallest absolute Gasteiger partial charge is 0.285 e. The lowest BCUT2D eigenvalue weighted by molar-refractivity contribution is 0.437. The van der Waals surface area contributed by atoms with E-state index < -0.39 is 29.1 Å². The van der Waals surface area contributed by atoms with E-state index in [1.54, 1.807) is 0 Å². The second-order valence-corrected chi connectivity index (χ2v) is 9.45. The van der Waals surface area contributed by atoms with Crippen LogP contribution in [0.1, 0.15) is 0 Å². The fraction of sp³-hybridized carbons (Fsp3) is 0. The quantitative estimate of drug-likeness (QED) is 0.352. The van der Waals surface area contributed by atoms with Crippen molar-refractivity contribution in [1.82, 2.24) is 0 Å². The van der Waals surface area contributed by atoms with E-state index in [0.717, 1.165) is 10.5 Å². The van der Waals surface area contributed by atoms with Gasteiger partial charge in [-0.3, -0.25) is 0 Å². The highest BCUT2D eigenvalue weighted by Gasteiger charge is 1.99. The van der Waals surface area contributed by atoms with Crippen LogP contribution in [0.4, 0.5) is 0 Å². The molecule has 0 bridgehead atoms. The Morgan fingerprint density at radius 3 is 2.36 bits per heavy atom. The largest absolute Gasteiger partial charge is 0.449 e. The molecule has 0 fully saturated rings. The van der Waals surface area contributed by atoms with Crippen LogP contribution in [0.2, 0.25) is 0 Å². The molecule has 0 aromatic heterocycles. The molecule has 0 unspecified atom stereocenters. The van der Waals surface area contributed by atoms with Gasteiger partial charge >= 0.3 is 0 Å². The normalized spacial score (nSPS) is 12.5. The Morgan fingerprint density at radius 2 is 1.91 bits per heavy atom. The van der Waals surface area contributed by atoms with Gasteiger partial charge in [0, 0.05) is 0 Å². The maximum atomic E-state index is 5.43. The molecule has 0 aliphatic heterocycles. The van der Waals surface area contributed by atoms with Gasteiger partial charge in [-0.25, -0.2) is 0 Å². The monoisotopic (exact) mass is 222 g/mol. The van der Waals surface area contributed by atoms with Crippen LogP contribution in [0.5, 0.6) is 0 Å². The predicted molar refractivity (Wildman–Crippen MR) is 57.8 cm³/mol. The van der Waals surface area contributed by atoms with Crippen LogP contribution in [0, 0.1) is 0 Å². The Kier molecular flexibility index (Phi) is 8.50. The predicted octanol–water partition coefficient (Wildman–Crippen LogP) is -2.51. The van der Waals surface area contributed by atoms with Crippen LogP contribution >= 0.6 is 0 Å². The number of rotatable bonds is 7. The molecule has 11 heavy (non-hydrogen) atoms. The van der Waals surface area contributed by atoms with Gasteiger partial charge in [0.1, 0.15) is 10.5 Å². The fourth-order valence-electron chi connectivity index (χ4n) is 0.476. The van der Waals surface area contributed by atoms with Crippen molar-refractivity contribution in [2.75, 3.05) is 0 Å². The molecule has 0 saturated carbocycles. The molecular weight excluding hydrogens is 208 g/mol. The Hall–Kier alpha value is 0.228. The minimum atomic E-state index is -1.29. The zero-order chi connectivity index (χ0) is 8.53. The van der Waals surface area contributed by atoms with Gasteiger partial charge in [-0.1, -0.05) is 11.4 Å². The summed E-state index contributed by atoms with van der Waals surface area (Å²) in [5.41, 5.74) is 3.68. The summed E-state index contributed by atoms with van der Waals surface area (Å²) in [6.07, 6.45) is 0. The first-order valence-electron chi connectivity index (χ1n) is 3.28. The van der Waals surface area contributed by atoms with Crippen molar-refractivity contribution in [1.29, 1.82) is 0 Å². The number of hydrogen-bond acceptors (Lipinski definition) is 3. The van der Waals surface area contributed by atoms with Crippen molar-refractivity contribution in [3.63, 3.8) is 0 Å². The summed E-state index contributed by atoms with van der Waals surface area (Å²) in [6.45, 7) is 7.30. The molecule has 0 rings (SSSR count). The zero-order valence-corrected chi connectivity index (χ0v) is 12.8. The van der Waals surface area contributed by atoms with E-state index in [-0.39, 0.29) is 0 Å². The lowest BCUT2D eigenvalue weighted by atomic mass is 11.2. The third-order valence-electron chi connectivity index (χ3n) is 1.01. The first-order valence-corrected chi connectivity index (χ1v) is 8.21. The SMILES string of the molecule is C=C[SiH](C=C)O[SiH2]O[SiH2]O[SiH3]. The molecule has 0 aliphatic carbocycles. The van der Waals surface area contributed by atoms with Crippen molar-refractivity contribution < 1.29 is 12.3 Å². The fourth-order valence-corrected chi connectivity index (χ4v) is 6.08. The Bertz CT molecular complexity index is 112. The minimum Gasteiger partial charge on any atom is -0.449 e. The highest BCUT2D eigenvalue weighted by Crippen LogP contribution is 1.86. The van der Waals surface area contributed by atoms with Crippen LogP contribution in [0.25, 0.3) is 0 Å².